The summed E-state index contributed by atoms with van der Waals surface area (Å²) >= 11 is 1.55. The van der Waals surface area contributed by atoms with Crippen molar-refractivity contribution in [2.75, 3.05) is 0 Å². The Balaban J connectivity index is 2.49. The van der Waals surface area contributed by atoms with Crippen LogP contribution in [0.2, 0.25) is 0 Å². The smallest absolute Gasteiger partial charge is 0.303 e. The van der Waals surface area contributed by atoms with Gasteiger partial charge in [-0.05, 0) is 22.4 Å². The molecule has 2 aromatic heterocycles. The Bertz CT molecular complexity index is 566. The van der Waals surface area contributed by atoms with Crippen LogP contribution in [0.3, 0.4) is 0 Å². The van der Waals surface area contributed by atoms with E-state index in [2.05, 4.69) is 0 Å². The van der Waals surface area contributed by atoms with Crippen molar-refractivity contribution in [3.05, 3.63) is 55.5 Å². The molecular weight excluding hydrogens is 212 g/mol. The topological polar surface area (TPSA) is 44.0 Å². The van der Waals surface area contributed by atoms with Gasteiger partial charge in [0.2, 0.25) is 0 Å². The maximum Gasteiger partial charge on any atom is 0.331 e. The summed E-state index contributed by atoms with van der Waals surface area (Å²) in [5.41, 5.74) is 0.434. The fraction of sp³-hybridized carbons (Fsp3) is 0.200. The standard InChI is InChI=1S/C10H10N2O2S/c1-11-4-2-9(13)12(10(11)14)6-8-3-5-15-7-8/h2-5,7H,6H2,1H3. The highest BCUT2D eigenvalue weighted by atomic mass is 32.1. The second-order valence-electron chi connectivity index (χ2n) is 3.27. The number of hydrogen-bond acceptors (Lipinski definition) is 3. The molecule has 0 bridgehead atoms. The van der Waals surface area contributed by atoms with Crippen molar-refractivity contribution in [3.8, 4) is 0 Å². The van der Waals surface area contributed by atoms with Crippen LogP contribution in [0.4, 0.5) is 0 Å². The summed E-state index contributed by atoms with van der Waals surface area (Å²) in [5.74, 6) is 0. The second-order valence-corrected chi connectivity index (χ2v) is 4.05. The van der Waals surface area contributed by atoms with Gasteiger partial charge in [0.15, 0.2) is 0 Å². The largest absolute Gasteiger partial charge is 0.331 e. The zero-order valence-electron chi connectivity index (χ0n) is 8.21. The van der Waals surface area contributed by atoms with Crippen molar-refractivity contribution in [3.63, 3.8) is 0 Å². The molecule has 5 heteroatoms. The van der Waals surface area contributed by atoms with Crippen LogP contribution in [0.25, 0.3) is 0 Å². The van der Waals surface area contributed by atoms with E-state index in [4.69, 9.17) is 0 Å². The molecule has 0 atom stereocenters. The summed E-state index contributed by atoms with van der Waals surface area (Å²) in [5, 5.41) is 3.85. The van der Waals surface area contributed by atoms with Crippen LogP contribution in [0, 0.1) is 0 Å². The van der Waals surface area contributed by atoms with Gasteiger partial charge in [-0.1, -0.05) is 0 Å². The predicted octanol–water partition coefficient (Wildman–Crippen LogP) is 0.657. The zero-order chi connectivity index (χ0) is 10.8. The van der Waals surface area contributed by atoms with Crippen molar-refractivity contribution in [2.24, 2.45) is 7.05 Å². The molecular formula is C10H10N2O2S. The third-order valence-electron chi connectivity index (χ3n) is 2.16. The van der Waals surface area contributed by atoms with E-state index in [1.807, 2.05) is 16.8 Å². The maximum atomic E-state index is 11.6. The SMILES string of the molecule is Cn1ccc(=O)n(Cc2ccsc2)c1=O. The van der Waals surface area contributed by atoms with Gasteiger partial charge in [0.25, 0.3) is 5.56 Å². The van der Waals surface area contributed by atoms with Crippen LogP contribution < -0.4 is 11.2 Å². The van der Waals surface area contributed by atoms with Crippen molar-refractivity contribution in [1.82, 2.24) is 9.13 Å². The highest BCUT2D eigenvalue weighted by Gasteiger charge is 2.03. The van der Waals surface area contributed by atoms with Crippen LogP contribution in [-0.2, 0) is 13.6 Å². The van der Waals surface area contributed by atoms with Crippen molar-refractivity contribution in [1.29, 1.82) is 0 Å². The first-order valence-corrected chi connectivity index (χ1v) is 5.40. The molecule has 0 spiro atoms. The highest BCUT2D eigenvalue weighted by Crippen LogP contribution is 2.05. The lowest BCUT2D eigenvalue weighted by molar-refractivity contribution is 0.640. The summed E-state index contributed by atoms with van der Waals surface area (Å²) in [6.45, 7) is 0.343. The van der Waals surface area contributed by atoms with E-state index >= 15 is 0 Å². The Morgan fingerprint density at radius 1 is 1.33 bits per heavy atom. The number of aryl methyl sites for hydroxylation is 1. The Morgan fingerprint density at radius 3 is 2.80 bits per heavy atom. The van der Waals surface area contributed by atoms with Gasteiger partial charge in [-0.3, -0.25) is 9.36 Å². The molecule has 15 heavy (non-hydrogen) atoms. The summed E-state index contributed by atoms with van der Waals surface area (Å²) < 4.78 is 2.62. The minimum Gasteiger partial charge on any atom is -0.303 e. The van der Waals surface area contributed by atoms with Gasteiger partial charge in [-0.2, -0.15) is 11.3 Å². The van der Waals surface area contributed by atoms with E-state index < -0.39 is 0 Å². The van der Waals surface area contributed by atoms with Gasteiger partial charge in [-0.25, -0.2) is 4.79 Å². The quantitative estimate of drug-likeness (QED) is 0.749. The first kappa shape index (κ1) is 9.92. The van der Waals surface area contributed by atoms with Crippen molar-refractivity contribution in [2.45, 2.75) is 6.54 Å². The molecule has 2 heterocycles. The third kappa shape index (κ3) is 1.92. The monoisotopic (exact) mass is 222 g/mol. The van der Waals surface area contributed by atoms with E-state index in [0.29, 0.717) is 6.54 Å². The van der Waals surface area contributed by atoms with Crippen LogP contribution >= 0.6 is 11.3 Å². The molecule has 0 fully saturated rings. The maximum absolute atomic E-state index is 11.6. The molecule has 4 nitrogen and oxygen atoms in total. The third-order valence-corrected chi connectivity index (χ3v) is 2.89. The van der Waals surface area contributed by atoms with E-state index in [1.165, 1.54) is 21.4 Å². The zero-order valence-corrected chi connectivity index (χ0v) is 9.03. The van der Waals surface area contributed by atoms with Crippen LogP contribution in [0.15, 0.2) is 38.7 Å². The molecule has 0 aliphatic heterocycles. The van der Waals surface area contributed by atoms with Gasteiger partial charge in [0, 0.05) is 19.3 Å². The van der Waals surface area contributed by atoms with E-state index in [-0.39, 0.29) is 11.2 Å². The number of nitrogens with zero attached hydrogens (tertiary/aromatic N) is 2. The minimum absolute atomic E-state index is 0.260. The molecule has 0 N–H and O–H groups in total. The molecule has 0 saturated heterocycles. The molecule has 0 unspecified atom stereocenters. The molecule has 0 saturated carbocycles. The molecule has 0 aliphatic carbocycles. The molecule has 0 radical (unpaired) electrons. The highest BCUT2D eigenvalue weighted by molar-refractivity contribution is 7.07. The Kier molecular flexibility index (Phi) is 2.55. The van der Waals surface area contributed by atoms with E-state index in [1.54, 1.807) is 18.4 Å². The Labute approximate surface area is 90.0 Å². The van der Waals surface area contributed by atoms with Crippen LogP contribution in [-0.4, -0.2) is 9.13 Å². The molecule has 0 aromatic carbocycles. The second kappa shape index (κ2) is 3.86. The lowest BCUT2D eigenvalue weighted by atomic mass is 10.3. The number of aromatic nitrogens is 2. The van der Waals surface area contributed by atoms with Gasteiger partial charge in [-0.15, -0.1) is 0 Å². The lowest BCUT2D eigenvalue weighted by Gasteiger charge is -2.04. The summed E-state index contributed by atoms with van der Waals surface area (Å²) in [6, 6.07) is 3.30. The van der Waals surface area contributed by atoms with E-state index in [0.717, 1.165) is 5.56 Å². The van der Waals surface area contributed by atoms with Gasteiger partial charge >= 0.3 is 5.69 Å². The van der Waals surface area contributed by atoms with Gasteiger partial charge < -0.3 is 4.57 Å². The Morgan fingerprint density at radius 2 is 2.13 bits per heavy atom. The number of thiophene rings is 1. The van der Waals surface area contributed by atoms with E-state index in [9.17, 15) is 9.59 Å². The predicted molar refractivity (Wildman–Crippen MR) is 59.4 cm³/mol. The Hall–Kier alpha value is -1.62. The van der Waals surface area contributed by atoms with Gasteiger partial charge in [0.05, 0.1) is 6.54 Å². The minimum atomic E-state index is -0.284. The summed E-state index contributed by atoms with van der Waals surface area (Å²) in [4.78, 5) is 23.1. The molecule has 78 valence electrons. The van der Waals surface area contributed by atoms with Crippen LogP contribution in [0.1, 0.15) is 5.56 Å². The van der Waals surface area contributed by atoms with Crippen molar-refractivity contribution >= 4 is 11.3 Å². The average molecular weight is 222 g/mol. The number of hydrogen-bond donors (Lipinski definition) is 0. The molecule has 2 rings (SSSR count). The molecule has 0 amide bonds. The fourth-order valence-electron chi connectivity index (χ4n) is 1.32. The van der Waals surface area contributed by atoms with Gasteiger partial charge in [0.1, 0.15) is 0 Å². The van der Waals surface area contributed by atoms with Crippen molar-refractivity contribution < 1.29 is 0 Å². The first-order chi connectivity index (χ1) is 7.18. The fourth-order valence-corrected chi connectivity index (χ4v) is 1.98. The first-order valence-electron chi connectivity index (χ1n) is 4.46. The van der Waals surface area contributed by atoms with Crippen LogP contribution in [0.5, 0.6) is 0 Å². The summed E-state index contributed by atoms with van der Waals surface area (Å²) in [6.07, 6.45) is 1.48. The molecule has 0 aliphatic rings. The lowest BCUT2D eigenvalue weighted by Crippen LogP contribution is -2.38. The normalized spacial score (nSPS) is 10.5. The molecule has 2 aromatic rings. The average Bonchev–Trinajstić information content (AvgIpc) is 2.71. The number of rotatable bonds is 2. The summed E-state index contributed by atoms with van der Waals surface area (Å²) in [7, 11) is 1.63.